The van der Waals surface area contributed by atoms with Gasteiger partial charge in [0, 0.05) is 43.8 Å². The Kier molecular flexibility index (Phi) is 5.81. The van der Waals surface area contributed by atoms with Gasteiger partial charge in [0.25, 0.3) is 0 Å². The van der Waals surface area contributed by atoms with Crippen LogP contribution in [0.2, 0.25) is 0 Å². The van der Waals surface area contributed by atoms with Crippen molar-refractivity contribution in [1.29, 1.82) is 0 Å². The Morgan fingerprint density at radius 2 is 2.10 bits per heavy atom. The molecule has 0 aliphatic carbocycles. The van der Waals surface area contributed by atoms with Crippen LogP contribution in [0.25, 0.3) is 0 Å². The molecule has 1 aromatic rings. The average Bonchev–Trinajstić information content (AvgIpc) is 2.88. The zero-order valence-corrected chi connectivity index (χ0v) is 13.9. The SMILES string of the molecule is CCc1nc(N(C)C2CCOCC2)sc1CNC(C)C. The highest BCUT2D eigenvalue weighted by Crippen LogP contribution is 2.29. The molecule has 1 N–H and O–H groups in total. The minimum absolute atomic E-state index is 0.512. The van der Waals surface area contributed by atoms with Crippen molar-refractivity contribution < 1.29 is 4.74 Å². The fraction of sp³-hybridized carbons (Fsp3) is 0.800. The topological polar surface area (TPSA) is 37.4 Å². The largest absolute Gasteiger partial charge is 0.381 e. The van der Waals surface area contributed by atoms with Crippen molar-refractivity contribution in [1.82, 2.24) is 10.3 Å². The summed E-state index contributed by atoms with van der Waals surface area (Å²) in [7, 11) is 2.17. The first-order valence-electron chi connectivity index (χ1n) is 7.64. The molecule has 0 atom stereocenters. The van der Waals surface area contributed by atoms with Gasteiger partial charge >= 0.3 is 0 Å². The zero-order valence-electron chi connectivity index (χ0n) is 13.1. The molecule has 5 heteroatoms. The molecule has 1 aliphatic rings. The third kappa shape index (κ3) is 3.93. The number of aryl methyl sites for hydroxylation is 1. The summed E-state index contributed by atoms with van der Waals surface area (Å²) in [4.78, 5) is 8.58. The predicted molar refractivity (Wildman–Crippen MR) is 85.7 cm³/mol. The highest BCUT2D eigenvalue weighted by Gasteiger charge is 2.22. The fourth-order valence-corrected chi connectivity index (χ4v) is 3.59. The molecule has 2 heterocycles. The van der Waals surface area contributed by atoms with Crippen LogP contribution in [0.3, 0.4) is 0 Å². The van der Waals surface area contributed by atoms with E-state index < -0.39 is 0 Å². The second kappa shape index (κ2) is 7.38. The maximum absolute atomic E-state index is 5.45. The zero-order chi connectivity index (χ0) is 14.5. The van der Waals surface area contributed by atoms with Gasteiger partial charge in [0.2, 0.25) is 0 Å². The Hall–Kier alpha value is -0.650. The summed E-state index contributed by atoms with van der Waals surface area (Å²) in [6.07, 6.45) is 3.22. The van der Waals surface area contributed by atoms with E-state index in [1.54, 1.807) is 0 Å². The number of anilines is 1. The van der Waals surface area contributed by atoms with Crippen molar-refractivity contribution in [3.8, 4) is 0 Å². The summed E-state index contributed by atoms with van der Waals surface area (Å²) in [5.74, 6) is 0. The van der Waals surface area contributed by atoms with Gasteiger partial charge in [-0.2, -0.15) is 0 Å². The smallest absolute Gasteiger partial charge is 0.185 e. The molecule has 1 saturated heterocycles. The third-order valence-electron chi connectivity index (χ3n) is 3.81. The molecule has 114 valence electrons. The minimum atomic E-state index is 0.512. The molecular formula is C15H27N3OS. The molecule has 0 saturated carbocycles. The molecule has 20 heavy (non-hydrogen) atoms. The Morgan fingerprint density at radius 3 is 2.70 bits per heavy atom. The van der Waals surface area contributed by atoms with Gasteiger partial charge in [0.1, 0.15) is 0 Å². The van der Waals surface area contributed by atoms with Crippen molar-refractivity contribution in [3.05, 3.63) is 10.6 Å². The summed E-state index contributed by atoms with van der Waals surface area (Å²) >= 11 is 1.84. The van der Waals surface area contributed by atoms with Crippen LogP contribution < -0.4 is 10.2 Å². The van der Waals surface area contributed by atoms with Gasteiger partial charge in [-0.1, -0.05) is 20.8 Å². The second-order valence-corrected chi connectivity index (χ2v) is 6.77. The number of hydrogen-bond acceptors (Lipinski definition) is 5. The number of aromatic nitrogens is 1. The normalized spacial score (nSPS) is 16.9. The number of nitrogens with zero attached hydrogens (tertiary/aromatic N) is 2. The van der Waals surface area contributed by atoms with Gasteiger partial charge in [-0.05, 0) is 19.3 Å². The third-order valence-corrected chi connectivity index (χ3v) is 5.00. The van der Waals surface area contributed by atoms with E-state index >= 15 is 0 Å². The van der Waals surface area contributed by atoms with Crippen LogP contribution in [-0.2, 0) is 17.7 Å². The number of hydrogen-bond donors (Lipinski definition) is 1. The van der Waals surface area contributed by atoms with Gasteiger partial charge in [-0.25, -0.2) is 4.98 Å². The van der Waals surface area contributed by atoms with Gasteiger partial charge in [-0.3, -0.25) is 0 Å². The van der Waals surface area contributed by atoms with E-state index in [1.807, 2.05) is 11.3 Å². The van der Waals surface area contributed by atoms with Crippen LogP contribution >= 0.6 is 11.3 Å². The average molecular weight is 297 g/mol. The summed E-state index contributed by atoms with van der Waals surface area (Å²) in [5.41, 5.74) is 1.25. The number of thiazole rings is 1. The molecule has 1 aliphatic heterocycles. The van der Waals surface area contributed by atoms with E-state index in [1.165, 1.54) is 10.6 Å². The predicted octanol–water partition coefficient (Wildman–Crippen LogP) is 2.82. The molecule has 0 spiro atoms. The van der Waals surface area contributed by atoms with Crippen LogP contribution in [0.1, 0.15) is 44.2 Å². The van der Waals surface area contributed by atoms with Gasteiger partial charge < -0.3 is 15.0 Å². The number of rotatable bonds is 6. The van der Waals surface area contributed by atoms with Crippen molar-refractivity contribution in [2.24, 2.45) is 0 Å². The van der Waals surface area contributed by atoms with E-state index in [0.29, 0.717) is 12.1 Å². The molecule has 0 radical (unpaired) electrons. The standard InChI is InChI=1S/C15H27N3OS/c1-5-13-14(10-16-11(2)3)20-15(17-13)18(4)12-6-8-19-9-7-12/h11-12,16H,5-10H2,1-4H3. The summed E-state index contributed by atoms with van der Waals surface area (Å²) in [5, 5.41) is 4.66. The van der Waals surface area contributed by atoms with Crippen molar-refractivity contribution in [2.45, 2.75) is 58.7 Å². The molecule has 0 unspecified atom stereocenters. The first-order chi connectivity index (χ1) is 9.61. The van der Waals surface area contributed by atoms with Gasteiger partial charge in [0.15, 0.2) is 5.13 Å². The molecule has 1 fully saturated rings. The summed E-state index contributed by atoms with van der Waals surface area (Å²) in [6, 6.07) is 1.09. The van der Waals surface area contributed by atoms with Crippen LogP contribution in [0.5, 0.6) is 0 Å². The maximum Gasteiger partial charge on any atom is 0.185 e. The molecule has 0 aromatic carbocycles. The summed E-state index contributed by atoms with van der Waals surface area (Å²) < 4.78 is 5.45. The number of ether oxygens (including phenoxy) is 1. The maximum atomic E-state index is 5.45. The van der Waals surface area contributed by atoms with Crippen LogP contribution in [0, 0.1) is 0 Å². The molecule has 2 rings (SSSR count). The molecular weight excluding hydrogens is 270 g/mol. The summed E-state index contributed by atoms with van der Waals surface area (Å²) in [6.45, 7) is 9.24. The first-order valence-corrected chi connectivity index (χ1v) is 8.46. The lowest BCUT2D eigenvalue weighted by molar-refractivity contribution is 0.0855. The Morgan fingerprint density at radius 1 is 1.40 bits per heavy atom. The quantitative estimate of drug-likeness (QED) is 0.876. The molecule has 4 nitrogen and oxygen atoms in total. The van der Waals surface area contributed by atoms with Crippen molar-refractivity contribution in [2.75, 3.05) is 25.2 Å². The lowest BCUT2D eigenvalue weighted by Gasteiger charge is -2.30. The van der Waals surface area contributed by atoms with E-state index in [4.69, 9.17) is 9.72 Å². The molecule has 0 bridgehead atoms. The highest BCUT2D eigenvalue weighted by atomic mass is 32.1. The minimum Gasteiger partial charge on any atom is -0.381 e. The highest BCUT2D eigenvalue weighted by molar-refractivity contribution is 7.15. The lowest BCUT2D eigenvalue weighted by atomic mass is 10.1. The Bertz CT molecular complexity index is 413. The molecule has 0 amide bonds. The lowest BCUT2D eigenvalue weighted by Crippen LogP contribution is -2.36. The van der Waals surface area contributed by atoms with Crippen molar-refractivity contribution in [3.63, 3.8) is 0 Å². The van der Waals surface area contributed by atoms with Crippen LogP contribution in [0.4, 0.5) is 5.13 Å². The van der Waals surface area contributed by atoms with E-state index in [2.05, 4.69) is 38.0 Å². The first kappa shape index (κ1) is 15.7. The van der Waals surface area contributed by atoms with Gasteiger partial charge in [0.05, 0.1) is 5.69 Å². The van der Waals surface area contributed by atoms with E-state index in [0.717, 1.165) is 44.2 Å². The molecule has 1 aromatic heterocycles. The number of nitrogens with one attached hydrogen (secondary N) is 1. The second-order valence-electron chi connectivity index (χ2n) is 5.71. The van der Waals surface area contributed by atoms with E-state index in [9.17, 15) is 0 Å². The van der Waals surface area contributed by atoms with Crippen molar-refractivity contribution >= 4 is 16.5 Å². The van der Waals surface area contributed by atoms with Gasteiger partial charge in [-0.15, -0.1) is 11.3 Å². The Labute approximate surface area is 126 Å². The monoisotopic (exact) mass is 297 g/mol. The van der Waals surface area contributed by atoms with Crippen LogP contribution in [-0.4, -0.2) is 37.3 Å². The van der Waals surface area contributed by atoms with Crippen LogP contribution in [0.15, 0.2) is 0 Å². The fourth-order valence-electron chi connectivity index (χ4n) is 2.46. The van der Waals surface area contributed by atoms with E-state index in [-0.39, 0.29) is 0 Å². The Balaban J connectivity index is 2.07.